The maximum absolute atomic E-state index is 10.0. The molecule has 17 heavy (non-hydrogen) atoms. The number of rotatable bonds is 3. The number of thiophene rings is 1. The van der Waals surface area contributed by atoms with Gasteiger partial charge in [-0.05, 0) is 16.9 Å². The largest absolute Gasteiger partial charge is 0.384 e. The molecule has 0 unspecified atom stereocenters. The fraction of sp³-hybridized carbons (Fsp3) is 0.500. The third kappa shape index (κ3) is 2.92. The fourth-order valence-electron chi connectivity index (χ4n) is 1.40. The number of nitrogens with zero attached hydrogens (tertiary/aromatic N) is 2. The molecule has 1 atom stereocenters. The van der Waals surface area contributed by atoms with E-state index in [2.05, 4.69) is 10.1 Å². The molecule has 2 aromatic rings. The van der Waals surface area contributed by atoms with Gasteiger partial charge in [0.1, 0.15) is 6.10 Å². The molecule has 2 heterocycles. The van der Waals surface area contributed by atoms with Crippen LogP contribution < -0.4 is 0 Å². The molecule has 0 radical (unpaired) electrons. The normalized spacial score (nSPS) is 13.9. The van der Waals surface area contributed by atoms with Gasteiger partial charge in [0.2, 0.25) is 11.7 Å². The molecule has 0 aliphatic carbocycles. The van der Waals surface area contributed by atoms with E-state index < -0.39 is 6.10 Å². The van der Waals surface area contributed by atoms with Gasteiger partial charge in [0.05, 0.1) is 6.42 Å². The van der Waals surface area contributed by atoms with Crippen LogP contribution in [0.2, 0.25) is 0 Å². The van der Waals surface area contributed by atoms with Crippen molar-refractivity contribution in [1.82, 2.24) is 10.1 Å². The van der Waals surface area contributed by atoms with Crippen LogP contribution in [0, 0.1) is 5.41 Å². The molecule has 0 amide bonds. The van der Waals surface area contributed by atoms with Crippen LogP contribution in [-0.4, -0.2) is 15.2 Å². The van der Waals surface area contributed by atoms with Gasteiger partial charge in [0.25, 0.3) is 0 Å². The highest BCUT2D eigenvalue weighted by atomic mass is 32.1. The predicted octanol–water partition coefficient (Wildman–Crippen LogP) is 2.80. The molecule has 0 spiro atoms. The highest BCUT2D eigenvalue weighted by Gasteiger charge is 2.28. The third-order valence-corrected chi connectivity index (χ3v) is 3.33. The second-order valence-electron chi connectivity index (χ2n) is 5.07. The van der Waals surface area contributed by atoms with Crippen molar-refractivity contribution < 1.29 is 9.63 Å². The number of aliphatic hydroxyl groups is 1. The molecule has 0 aliphatic rings. The molecule has 5 heteroatoms. The summed E-state index contributed by atoms with van der Waals surface area (Å²) >= 11 is 1.65. The summed E-state index contributed by atoms with van der Waals surface area (Å²) in [5.74, 6) is 0.912. The third-order valence-electron chi connectivity index (χ3n) is 2.45. The fourth-order valence-corrected chi connectivity index (χ4v) is 2.10. The van der Waals surface area contributed by atoms with Gasteiger partial charge in [-0.3, -0.25) is 0 Å². The molecule has 0 saturated carbocycles. The first kappa shape index (κ1) is 12.3. The molecule has 1 N–H and O–H groups in total. The van der Waals surface area contributed by atoms with Crippen LogP contribution >= 0.6 is 11.3 Å². The number of hydrogen-bond donors (Lipinski definition) is 1. The topological polar surface area (TPSA) is 59.2 Å². The molecule has 0 aliphatic heterocycles. The Morgan fingerprint density at radius 3 is 2.82 bits per heavy atom. The van der Waals surface area contributed by atoms with Crippen molar-refractivity contribution in [2.24, 2.45) is 5.41 Å². The highest BCUT2D eigenvalue weighted by molar-refractivity contribution is 7.09. The van der Waals surface area contributed by atoms with E-state index in [1.807, 2.05) is 38.3 Å². The van der Waals surface area contributed by atoms with Crippen molar-refractivity contribution in [3.63, 3.8) is 0 Å². The first-order chi connectivity index (χ1) is 7.97. The van der Waals surface area contributed by atoms with Gasteiger partial charge in [-0.2, -0.15) is 4.98 Å². The Bertz CT molecular complexity index is 471. The van der Waals surface area contributed by atoms with Gasteiger partial charge in [0.15, 0.2) is 0 Å². The summed E-state index contributed by atoms with van der Waals surface area (Å²) in [6.07, 6.45) is -0.0787. The molecule has 0 fully saturated rings. The lowest BCUT2D eigenvalue weighted by Crippen LogP contribution is -2.19. The summed E-state index contributed by atoms with van der Waals surface area (Å²) in [7, 11) is 0. The highest BCUT2D eigenvalue weighted by Crippen LogP contribution is 2.30. The summed E-state index contributed by atoms with van der Waals surface area (Å²) in [6, 6.07) is 4.01. The summed E-state index contributed by atoms with van der Waals surface area (Å²) in [5.41, 5.74) is -0.288. The molecule has 0 aromatic carbocycles. The first-order valence-corrected chi connectivity index (χ1v) is 6.37. The van der Waals surface area contributed by atoms with Crippen molar-refractivity contribution in [1.29, 1.82) is 0 Å². The summed E-state index contributed by atoms with van der Waals surface area (Å²) < 4.78 is 5.14. The van der Waals surface area contributed by atoms with E-state index in [0.717, 1.165) is 0 Å². The second-order valence-corrected chi connectivity index (χ2v) is 6.10. The molecule has 92 valence electrons. The summed E-state index contributed by atoms with van der Waals surface area (Å²) in [4.78, 5) is 5.40. The molecular formula is C12H16N2O2S. The van der Waals surface area contributed by atoms with Gasteiger partial charge >= 0.3 is 0 Å². The smallest absolute Gasteiger partial charge is 0.231 e. The first-order valence-electron chi connectivity index (χ1n) is 5.50. The number of hydrogen-bond acceptors (Lipinski definition) is 5. The van der Waals surface area contributed by atoms with E-state index in [1.165, 1.54) is 4.88 Å². The van der Waals surface area contributed by atoms with Gasteiger partial charge in [0, 0.05) is 4.88 Å². The van der Waals surface area contributed by atoms with Crippen molar-refractivity contribution >= 4 is 11.3 Å². The van der Waals surface area contributed by atoms with Crippen molar-refractivity contribution in [3.05, 3.63) is 34.1 Å². The second kappa shape index (κ2) is 4.58. The maximum atomic E-state index is 10.0. The standard InChI is InChI=1S/C12H16N2O2S/c1-12(2,3)10(15)11-13-9(16-14-11)7-8-5-4-6-17-8/h4-6,10,15H,7H2,1-3H3/t10-/m0/s1. The molecule has 2 aromatic heterocycles. The van der Waals surface area contributed by atoms with E-state index >= 15 is 0 Å². The zero-order valence-electron chi connectivity index (χ0n) is 10.2. The van der Waals surface area contributed by atoms with Crippen LogP contribution in [0.4, 0.5) is 0 Å². The monoisotopic (exact) mass is 252 g/mol. The zero-order valence-corrected chi connectivity index (χ0v) is 11.0. The molecule has 0 bridgehead atoms. The van der Waals surface area contributed by atoms with Crippen LogP contribution in [0.3, 0.4) is 0 Å². The lowest BCUT2D eigenvalue weighted by atomic mass is 9.89. The van der Waals surface area contributed by atoms with Gasteiger partial charge < -0.3 is 9.63 Å². The Labute approximate surface area is 104 Å². The minimum absolute atomic E-state index is 0.288. The van der Waals surface area contributed by atoms with E-state index in [4.69, 9.17) is 4.52 Å². The van der Waals surface area contributed by atoms with Crippen molar-refractivity contribution in [3.8, 4) is 0 Å². The predicted molar refractivity (Wildman–Crippen MR) is 65.8 cm³/mol. The Kier molecular flexibility index (Phi) is 3.31. The Balaban J connectivity index is 2.11. The quantitative estimate of drug-likeness (QED) is 0.912. The van der Waals surface area contributed by atoms with E-state index in [-0.39, 0.29) is 5.41 Å². The SMILES string of the molecule is CC(C)(C)[C@@H](O)c1noc(Cc2cccs2)n1. The van der Waals surface area contributed by atoms with E-state index in [1.54, 1.807) is 11.3 Å². The number of aliphatic hydroxyl groups excluding tert-OH is 1. The minimum Gasteiger partial charge on any atom is -0.384 e. The minimum atomic E-state index is -0.705. The molecular weight excluding hydrogens is 236 g/mol. The Hall–Kier alpha value is -1.20. The molecule has 2 rings (SSSR count). The van der Waals surface area contributed by atoms with Gasteiger partial charge in [-0.1, -0.05) is 32.0 Å². The maximum Gasteiger partial charge on any atom is 0.231 e. The van der Waals surface area contributed by atoms with Crippen molar-refractivity contribution in [2.45, 2.75) is 33.3 Å². The Morgan fingerprint density at radius 2 is 2.24 bits per heavy atom. The molecule has 0 saturated heterocycles. The van der Waals surface area contributed by atoms with E-state index in [0.29, 0.717) is 18.1 Å². The lowest BCUT2D eigenvalue weighted by Gasteiger charge is -2.22. The summed E-state index contributed by atoms with van der Waals surface area (Å²) in [6.45, 7) is 5.81. The van der Waals surface area contributed by atoms with Gasteiger partial charge in [-0.15, -0.1) is 11.3 Å². The molecule has 4 nitrogen and oxygen atoms in total. The lowest BCUT2D eigenvalue weighted by molar-refractivity contribution is 0.0528. The Morgan fingerprint density at radius 1 is 1.47 bits per heavy atom. The van der Waals surface area contributed by atoms with Gasteiger partial charge in [-0.25, -0.2) is 0 Å². The van der Waals surface area contributed by atoms with Crippen LogP contribution in [-0.2, 0) is 6.42 Å². The number of aromatic nitrogens is 2. The average Bonchev–Trinajstić information content (AvgIpc) is 2.87. The summed E-state index contributed by atoms with van der Waals surface area (Å²) in [5, 5.41) is 15.9. The van der Waals surface area contributed by atoms with Crippen LogP contribution in [0.5, 0.6) is 0 Å². The van der Waals surface area contributed by atoms with Crippen LogP contribution in [0.1, 0.15) is 43.5 Å². The van der Waals surface area contributed by atoms with Crippen LogP contribution in [0.25, 0.3) is 0 Å². The van der Waals surface area contributed by atoms with Crippen molar-refractivity contribution in [2.75, 3.05) is 0 Å². The van der Waals surface area contributed by atoms with Crippen LogP contribution in [0.15, 0.2) is 22.0 Å². The van der Waals surface area contributed by atoms with E-state index in [9.17, 15) is 5.11 Å². The zero-order chi connectivity index (χ0) is 12.5. The average molecular weight is 252 g/mol.